The topological polar surface area (TPSA) is 51.2 Å². The first-order valence-corrected chi connectivity index (χ1v) is 31.8. The van der Waals surface area contributed by atoms with E-state index in [0.29, 0.717) is 17.3 Å². The summed E-state index contributed by atoms with van der Waals surface area (Å²) in [7, 11) is 0. The minimum atomic E-state index is -0.161. The van der Waals surface area contributed by atoms with Gasteiger partial charge in [-0.3, -0.25) is 14.4 Å². The van der Waals surface area contributed by atoms with Crippen molar-refractivity contribution in [1.82, 2.24) is 0 Å². The van der Waals surface area contributed by atoms with Gasteiger partial charge in [-0.1, -0.05) is 311 Å². The average molecular weight is 1020 g/mol. The molecular weight excluding hydrogens is 889 g/mol. The summed E-state index contributed by atoms with van der Waals surface area (Å²) in [6.45, 7) is 24.9. The van der Waals surface area contributed by atoms with E-state index in [1.807, 2.05) is 62.3 Å². The third-order valence-electron chi connectivity index (χ3n) is 13.9. The monoisotopic (exact) mass is 1020 g/mol. The third-order valence-corrected chi connectivity index (χ3v) is 13.9. The molecule has 0 aliphatic carbocycles. The van der Waals surface area contributed by atoms with Gasteiger partial charge in [0.05, 0.1) is 0 Å². The van der Waals surface area contributed by atoms with Crippen LogP contribution < -0.4 is 0 Å². The van der Waals surface area contributed by atoms with Crippen molar-refractivity contribution in [2.24, 2.45) is 16.2 Å². The molecule has 0 heterocycles. The Morgan fingerprint density at radius 2 is 0.438 bits per heavy atom. The molecule has 0 aliphatic heterocycles. The number of allylic oxidation sites excluding steroid dienone is 10. The second-order valence-electron chi connectivity index (χ2n) is 24.7. The summed E-state index contributed by atoms with van der Waals surface area (Å²) in [5.41, 5.74) is -0.463. The van der Waals surface area contributed by atoms with Gasteiger partial charge in [0.15, 0.2) is 0 Å². The first kappa shape index (κ1) is 74.9. The fourth-order valence-corrected chi connectivity index (χ4v) is 8.49. The first-order chi connectivity index (χ1) is 34.9. The number of ketones is 3. The van der Waals surface area contributed by atoms with Crippen LogP contribution in [0.5, 0.6) is 0 Å². The van der Waals surface area contributed by atoms with Crippen LogP contribution in [-0.2, 0) is 14.4 Å². The molecule has 0 amide bonds. The van der Waals surface area contributed by atoms with Crippen molar-refractivity contribution in [1.29, 1.82) is 0 Å². The van der Waals surface area contributed by atoms with Gasteiger partial charge in [0, 0.05) is 35.5 Å². The van der Waals surface area contributed by atoms with E-state index in [1.54, 1.807) is 0 Å². The largest absolute Gasteiger partial charge is 0.299 e. The Balaban J connectivity index is -0.00000101. The summed E-state index contributed by atoms with van der Waals surface area (Å²) >= 11 is 0. The van der Waals surface area contributed by atoms with Crippen LogP contribution in [0.2, 0.25) is 0 Å². The molecule has 428 valence electrons. The van der Waals surface area contributed by atoms with Crippen LogP contribution in [0.1, 0.15) is 353 Å². The highest BCUT2D eigenvalue weighted by molar-refractivity contribution is 5.84. The molecule has 0 aromatic carbocycles. The minimum absolute atomic E-state index is 0.145. The molecule has 0 saturated heterocycles. The number of hydrogen-bond acceptors (Lipinski definition) is 3. The van der Waals surface area contributed by atoms with Gasteiger partial charge < -0.3 is 0 Å². The molecule has 73 heavy (non-hydrogen) atoms. The molecule has 0 saturated carbocycles. The Bertz CT molecular complexity index is 1330. The van der Waals surface area contributed by atoms with E-state index in [1.165, 1.54) is 205 Å². The highest BCUT2D eigenvalue weighted by Crippen LogP contribution is 2.22. The van der Waals surface area contributed by atoms with Crippen molar-refractivity contribution in [2.75, 3.05) is 0 Å². The van der Waals surface area contributed by atoms with Crippen molar-refractivity contribution in [3.63, 3.8) is 0 Å². The predicted octanol–water partition coefficient (Wildman–Crippen LogP) is 24.0. The quantitative estimate of drug-likeness (QED) is 0.0451. The zero-order valence-corrected chi connectivity index (χ0v) is 51.7. The third kappa shape index (κ3) is 63.9. The van der Waals surface area contributed by atoms with E-state index in [4.69, 9.17) is 0 Å². The van der Waals surface area contributed by atoms with Gasteiger partial charge in [0.25, 0.3) is 0 Å². The van der Waals surface area contributed by atoms with Gasteiger partial charge in [0.1, 0.15) is 17.3 Å². The summed E-state index contributed by atoms with van der Waals surface area (Å²) in [6.07, 6.45) is 75.7. The number of unbranched alkanes of at least 4 members (excludes halogenated alkanes) is 31. The van der Waals surface area contributed by atoms with Gasteiger partial charge in [0.2, 0.25) is 0 Å². The Morgan fingerprint density at radius 1 is 0.247 bits per heavy atom. The Hall–Kier alpha value is -2.29. The zero-order chi connectivity index (χ0) is 55.0. The number of Topliss-reactive ketones (excluding diaryl/α,β-unsaturated/α-hetero) is 3. The minimum Gasteiger partial charge on any atom is -0.299 e. The van der Waals surface area contributed by atoms with Gasteiger partial charge in [-0.15, -0.1) is 0 Å². The number of hydrogen-bond donors (Lipinski definition) is 0. The average Bonchev–Trinajstić information content (AvgIpc) is 3.34. The molecule has 0 rings (SSSR count). The lowest BCUT2D eigenvalue weighted by atomic mass is 9.88. The molecule has 3 nitrogen and oxygen atoms in total. The van der Waals surface area contributed by atoms with Gasteiger partial charge in [-0.25, -0.2) is 0 Å². The SMILES string of the molecule is CC/C=C\C/C=C\C/C=C\CCCCCCCC(=O)C(C)(C)C.CCCCC/C=C\C/C=C\CCCCCCCC(=O)C(C)(C)C.CCCCCCCCCCCCCCCCCCCCCC(=O)C(C)(C)C. The van der Waals surface area contributed by atoms with E-state index in [-0.39, 0.29) is 16.2 Å². The fraction of sp³-hybridized carbons (Fsp3) is 0.814. The lowest BCUT2D eigenvalue weighted by Gasteiger charge is -2.16. The van der Waals surface area contributed by atoms with E-state index in [9.17, 15) is 14.4 Å². The molecule has 0 N–H and O–H groups in total. The first-order valence-electron chi connectivity index (χ1n) is 31.8. The van der Waals surface area contributed by atoms with Crippen LogP contribution in [0.3, 0.4) is 0 Å². The predicted molar refractivity (Wildman–Crippen MR) is 330 cm³/mol. The molecule has 0 atom stereocenters. The molecule has 0 radical (unpaired) electrons. The maximum absolute atomic E-state index is 11.8. The lowest BCUT2D eigenvalue weighted by Crippen LogP contribution is -2.19. The zero-order valence-electron chi connectivity index (χ0n) is 51.7. The molecule has 3 heteroatoms. The normalized spacial score (nSPS) is 12.4. The van der Waals surface area contributed by atoms with E-state index in [0.717, 1.165) is 64.2 Å². The maximum atomic E-state index is 11.8. The second kappa shape index (κ2) is 55.9. The molecule has 0 fully saturated rings. The second-order valence-corrected chi connectivity index (χ2v) is 24.7. The van der Waals surface area contributed by atoms with E-state index < -0.39 is 0 Å². The number of carbonyl (C=O) groups is 3. The van der Waals surface area contributed by atoms with Crippen LogP contribution >= 0.6 is 0 Å². The molecule has 0 aliphatic rings. The summed E-state index contributed by atoms with van der Waals surface area (Å²) in [6, 6.07) is 0. The van der Waals surface area contributed by atoms with Crippen LogP contribution in [0.15, 0.2) is 60.8 Å². The highest BCUT2D eigenvalue weighted by atomic mass is 16.1. The van der Waals surface area contributed by atoms with Gasteiger partial charge >= 0.3 is 0 Å². The summed E-state index contributed by atoms with van der Waals surface area (Å²) in [5.74, 6) is 1.23. The lowest BCUT2D eigenvalue weighted by molar-refractivity contribution is -0.127. The van der Waals surface area contributed by atoms with Gasteiger partial charge in [-0.2, -0.15) is 0 Å². The number of carbonyl (C=O) groups excluding carboxylic acids is 3. The Morgan fingerprint density at radius 3 is 0.685 bits per heavy atom. The fourth-order valence-electron chi connectivity index (χ4n) is 8.49. The van der Waals surface area contributed by atoms with Crippen LogP contribution in [0, 0.1) is 16.2 Å². The highest BCUT2D eigenvalue weighted by Gasteiger charge is 2.21. The number of rotatable bonds is 47. The maximum Gasteiger partial charge on any atom is 0.138 e. The molecule has 0 unspecified atom stereocenters. The van der Waals surface area contributed by atoms with Crippen LogP contribution in [0.25, 0.3) is 0 Å². The van der Waals surface area contributed by atoms with E-state index >= 15 is 0 Å². The molecule has 0 spiro atoms. The van der Waals surface area contributed by atoms with Crippen molar-refractivity contribution in [3.8, 4) is 0 Å². The standard InChI is InChI=1S/C26H52O.C22H40O.C22H38O/c1-5-6-7-8-9-10-11-12-13-14-15-16-17-18-19-20-21-22-23-24-25(27)26(2,3)4;2*1-5-6-7-8-9-10-11-12-13-14-15-16-17-18-19-20-21(23)22(2,3)4/h5-24H2,1-4H3;9-10,12-13H,5-8,11,14-20H2,1-4H3;6-7,9-10,12-13H,5,8,11,14-20H2,1-4H3/b;10-9-,13-12-;7-6-,10-9-,13-12-. The van der Waals surface area contributed by atoms with Crippen molar-refractivity contribution in [2.45, 2.75) is 353 Å². The van der Waals surface area contributed by atoms with Crippen LogP contribution in [0.4, 0.5) is 0 Å². The van der Waals surface area contributed by atoms with E-state index in [2.05, 4.69) is 81.5 Å². The van der Waals surface area contributed by atoms with Crippen LogP contribution in [-0.4, -0.2) is 17.3 Å². The molecular formula is C70H130O3. The molecule has 0 aromatic heterocycles. The van der Waals surface area contributed by atoms with Crippen molar-refractivity contribution < 1.29 is 14.4 Å². The van der Waals surface area contributed by atoms with Gasteiger partial charge in [-0.05, 0) is 83.5 Å². The summed E-state index contributed by atoms with van der Waals surface area (Å²) in [4.78, 5) is 35.4. The van der Waals surface area contributed by atoms with Crippen molar-refractivity contribution in [3.05, 3.63) is 60.8 Å². The molecule has 0 aromatic rings. The Kier molecular flexibility index (Phi) is 57.4. The van der Waals surface area contributed by atoms with Crippen molar-refractivity contribution >= 4 is 17.3 Å². The molecule has 0 bridgehead atoms. The smallest absolute Gasteiger partial charge is 0.138 e. The Labute approximate surface area is 459 Å². The summed E-state index contributed by atoms with van der Waals surface area (Å²) in [5, 5.41) is 0. The summed E-state index contributed by atoms with van der Waals surface area (Å²) < 4.78 is 0.